The van der Waals surface area contributed by atoms with Crippen LogP contribution in [0, 0.1) is 5.82 Å². The number of carbonyl (C=O) groups is 1. The van der Waals surface area contributed by atoms with E-state index in [9.17, 15) is 9.18 Å². The average Bonchev–Trinajstić information content (AvgIpc) is 3.40. The molecule has 1 saturated carbocycles. The topological polar surface area (TPSA) is 106 Å². The number of carbonyl (C=O) groups excluding carboxylic acids is 1. The van der Waals surface area contributed by atoms with Gasteiger partial charge in [0.2, 0.25) is 5.95 Å². The Bertz CT molecular complexity index is 1480. The first kappa shape index (κ1) is 24.1. The van der Waals surface area contributed by atoms with Crippen LogP contribution in [0.2, 0.25) is 0 Å². The summed E-state index contributed by atoms with van der Waals surface area (Å²) in [4.78, 5) is 33.5. The van der Waals surface area contributed by atoms with Crippen molar-refractivity contribution in [2.45, 2.75) is 51.1 Å². The SMILES string of the molecule is C[C@@H]1C(=O)N(c2ccc(N(C)C)nc2)c2cnc(Nc3cc(F)c4[nH]ncc4c3)nc2N1C1CCCCC1. The lowest BCUT2D eigenvalue weighted by molar-refractivity contribution is -0.119. The molecule has 1 atom stereocenters. The molecule has 0 unspecified atom stereocenters. The van der Waals surface area contributed by atoms with E-state index in [4.69, 9.17) is 4.98 Å². The number of pyridine rings is 1. The van der Waals surface area contributed by atoms with Crippen molar-refractivity contribution in [3.63, 3.8) is 0 Å². The standard InChI is InChI=1S/C27H30FN9O/c1-16-26(38)37(20-9-10-23(29-14-20)35(2)3)22-15-30-27(33-25(22)36(16)19-7-5-4-6-8-19)32-18-11-17-13-31-34-24(17)21(28)12-18/h9-16,19H,4-8H2,1-3H3,(H,31,34)(H,30,32,33)/t16-/m1/s1. The van der Waals surface area contributed by atoms with Crippen LogP contribution in [0.15, 0.2) is 42.9 Å². The molecule has 2 N–H and O–H groups in total. The number of nitrogens with zero attached hydrogens (tertiary/aromatic N) is 7. The van der Waals surface area contributed by atoms with Gasteiger partial charge in [-0.25, -0.2) is 14.4 Å². The van der Waals surface area contributed by atoms with E-state index in [2.05, 4.69) is 30.4 Å². The molecule has 38 heavy (non-hydrogen) atoms. The molecule has 2 aliphatic rings. The molecule has 1 aliphatic carbocycles. The van der Waals surface area contributed by atoms with Gasteiger partial charge in [-0.05, 0) is 44.0 Å². The minimum Gasteiger partial charge on any atom is -0.363 e. The van der Waals surface area contributed by atoms with Crippen LogP contribution in [0.4, 0.5) is 39.0 Å². The van der Waals surface area contributed by atoms with Crippen molar-refractivity contribution in [2.24, 2.45) is 0 Å². The molecule has 11 heteroatoms. The summed E-state index contributed by atoms with van der Waals surface area (Å²) in [6.45, 7) is 1.94. The van der Waals surface area contributed by atoms with E-state index < -0.39 is 11.9 Å². The molecule has 196 valence electrons. The number of amides is 1. The van der Waals surface area contributed by atoms with Gasteiger partial charge in [0.15, 0.2) is 11.6 Å². The number of anilines is 6. The van der Waals surface area contributed by atoms with E-state index in [0.717, 1.165) is 31.5 Å². The van der Waals surface area contributed by atoms with Crippen molar-refractivity contribution < 1.29 is 9.18 Å². The van der Waals surface area contributed by atoms with Gasteiger partial charge in [-0.15, -0.1) is 0 Å². The van der Waals surface area contributed by atoms with Crippen LogP contribution in [0.3, 0.4) is 0 Å². The fraction of sp³-hybridized carbons (Fsp3) is 0.370. The summed E-state index contributed by atoms with van der Waals surface area (Å²) in [5.74, 6) is 1.35. The van der Waals surface area contributed by atoms with Crippen molar-refractivity contribution in [3.8, 4) is 0 Å². The number of hydrogen-bond acceptors (Lipinski definition) is 8. The van der Waals surface area contributed by atoms with Crippen molar-refractivity contribution in [1.29, 1.82) is 0 Å². The molecule has 0 saturated heterocycles. The number of aromatic amines is 1. The molecule has 1 aliphatic heterocycles. The second-order valence-electron chi connectivity index (χ2n) is 10.1. The third kappa shape index (κ3) is 4.17. The predicted molar refractivity (Wildman–Crippen MR) is 146 cm³/mol. The number of hydrogen-bond donors (Lipinski definition) is 2. The number of H-pyrrole nitrogens is 1. The van der Waals surface area contributed by atoms with E-state index >= 15 is 0 Å². The van der Waals surface area contributed by atoms with Crippen LogP contribution >= 0.6 is 0 Å². The van der Waals surface area contributed by atoms with Crippen molar-refractivity contribution in [1.82, 2.24) is 25.1 Å². The van der Waals surface area contributed by atoms with Gasteiger partial charge in [0, 0.05) is 31.2 Å². The Balaban J connectivity index is 1.42. The number of fused-ring (bicyclic) bond motifs is 2. The molecule has 10 nitrogen and oxygen atoms in total. The van der Waals surface area contributed by atoms with E-state index in [1.165, 1.54) is 12.5 Å². The van der Waals surface area contributed by atoms with Gasteiger partial charge >= 0.3 is 0 Å². The lowest BCUT2D eigenvalue weighted by Crippen LogP contribution is -2.55. The maximum Gasteiger partial charge on any atom is 0.254 e. The molecule has 0 bridgehead atoms. The molecule has 4 heterocycles. The highest BCUT2D eigenvalue weighted by Gasteiger charge is 2.41. The summed E-state index contributed by atoms with van der Waals surface area (Å²) in [6.07, 6.45) is 10.4. The highest BCUT2D eigenvalue weighted by molar-refractivity contribution is 6.09. The number of rotatable bonds is 5. The molecule has 0 spiro atoms. The smallest absolute Gasteiger partial charge is 0.254 e. The van der Waals surface area contributed by atoms with Gasteiger partial charge in [0.25, 0.3) is 5.91 Å². The quantitative estimate of drug-likeness (QED) is 0.387. The normalized spacial score (nSPS) is 18.1. The van der Waals surface area contributed by atoms with Crippen LogP contribution in [0.25, 0.3) is 10.9 Å². The summed E-state index contributed by atoms with van der Waals surface area (Å²) < 4.78 is 14.6. The zero-order valence-electron chi connectivity index (χ0n) is 21.6. The Morgan fingerprint density at radius 3 is 2.63 bits per heavy atom. The van der Waals surface area contributed by atoms with Gasteiger partial charge in [0.1, 0.15) is 23.1 Å². The summed E-state index contributed by atoms with van der Waals surface area (Å²) in [5.41, 5.74) is 2.14. The second-order valence-corrected chi connectivity index (χ2v) is 10.1. The highest BCUT2D eigenvalue weighted by Crippen LogP contribution is 2.42. The Kier molecular flexibility index (Phi) is 6.05. The molecule has 4 aromatic rings. The summed E-state index contributed by atoms with van der Waals surface area (Å²) in [6, 6.07) is 6.75. The Morgan fingerprint density at radius 2 is 1.89 bits per heavy atom. The van der Waals surface area contributed by atoms with E-state index in [1.54, 1.807) is 29.6 Å². The molecule has 1 amide bonds. The van der Waals surface area contributed by atoms with Gasteiger partial charge in [-0.1, -0.05) is 19.3 Å². The average molecular weight is 516 g/mol. The van der Waals surface area contributed by atoms with Gasteiger partial charge in [-0.3, -0.25) is 14.8 Å². The maximum absolute atomic E-state index is 14.6. The van der Waals surface area contributed by atoms with Crippen molar-refractivity contribution in [2.75, 3.05) is 34.1 Å². The Hall–Kier alpha value is -4.28. The first-order valence-corrected chi connectivity index (χ1v) is 12.9. The first-order valence-electron chi connectivity index (χ1n) is 12.9. The van der Waals surface area contributed by atoms with Crippen LogP contribution in [-0.2, 0) is 4.79 Å². The predicted octanol–water partition coefficient (Wildman–Crippen LogP) is 4.90. The van der Waals surface area contributed by atoms with E-state index in [-0.39, 0.29) is 11.9 Å². The van der Waals surface area contributed by atoms with Crippen molar-refractivity contribution >= 4 is 51.5 Å². The van der Waals surface area contributed by atoms with Crippen LogP contribution in [-0.4, -0.2) is 57.2 Å². The lowest BCUT2D eigenvalue weighted by atomic mass is 9.92. The molecule has 1 aromatic carbocycles. The number of halogens is 1. The molecular weight excluding hydrogens is 485 g/mol. The fourth-order valence-electron chi connectivity index (χ4n) is 5.49. The maximum atomic E-state index is 14.6. The number of nitrogens with one attached hydrogen (secondary N) is 2. The summed E-state index contributed by atoms with van der Waals surface area (Å²) in [7, 11) is 3.85. The number of benzene rings is 1. The van der Waals surface area contributed by atoms with E-state index in [0.29, 0.717) is 39.7 Å². The second kappa shape index (κ2) is 9.55. The zero-order chi connectivity index (χ0) is 26.4. The Labute approximate surface area is 219 Å². The van der Waals surface area contributed by atoms with Gasteiger partial charge in [0.05, 0.1) is 24.3 Å². The van der Waals surface area contributed by atoms with Gasteiger partial charge < -0.3 is 15.1 Å². The van der Waals surface area contributed by atoms with Crippen LogP contribution in [0.5, 0.6) is 0 Å². The summed E-state index contributed by atoms with van der Waals surface area (Å²) >= 11 is 0. The van der Waals surface area contributed by atoms with E-state index in [1.807, 2.05) is 38.1 Å². The fourth-order valence-corrected chi connectivity index (χ4v) is 5.49. The number of aromatic nitrogens is 5. The monoisotopic (exact) mass is 515 g/mol. The largest absolute Gasteiger partial charge is 0.363 e. The highest BCUT2D eigenvalue weighted by atomic mass is 19.1. The van der Waals surface area contributed by atoms with Gasteiger partial charge in [-0.2, -0.15) is 10.1 Å². The molecular formula is C27H30FN9O. The molecule has 3 aromatic heterocycles. The van der Waals surface area contributed by atoms with Crippen molar-refractivity contribution in [3.05, 3.63) is 48.7 Å². The Morgan fingerprint density at radius 1 is 1.08 bits per heavy atom. The summed E-state index contributed by atoms with van der Waals surface area (Å²) in [5, 5.41) is 10.4. The molecule has 1 fully saturated rings. The third-order valence-electron chi connectivity index (χ3n) is 7.40. The molecule has 6 rings (SSSR count). The minimum absolute atomic E-state index is 0.0423. The third-order valence-corrected chi connectivity index (χ3v) is 7.40. The zero-order valence-corrected chi connectivity index (χ0v) is 21.6. The van der Waals surface area contributed by atoms with Crippen LogP contribution < -0.4 is 20.0 Å². The lowest BCUT2D eigenvalue weighted by Gasteiger charge is -2.45. The molecule has 0 radical (unpaired) electrons. The van der Waals surface area contributed by atoms with Crippen LogP contribution in [0.1, 0.15) is 39.0 Å². The minimum atomic E-state index is -0.415. The first-order chi connectivity index (χ1) is 18.4.